The van der Waals surface area contributed by atoms with Gasteiger partial charge in [-0.3, -0.25) is 9.59 Å². The lowest BCUT2D eigenvalue weighted by Crippen LogP contribution is -2.50. The van der Waals surface area contributed by atoms with E-state index in [4.69, 9.17) is 5.73 Å². The van der Waals surface area contributed by atoms with E-state index in [1.807, 2.05) is 25.1 Å². The maximum absolute atomic E-state index is 12.1. The first-order valence-corrected chi connectivity index (χ1v) is 6.45. The highest BCUT2D eigenvalue weighted by atomic mass is 35.5. The molecule has 6 heteroatoms. The molecule has 1 aliphatic heterocycles. The number of amides is 2. The van der Waals surface area contributed by atoms with Gasteiger partial charge < -0.3 is 16.4 Å². The molecular formula is C14H20ClN3O2. The molecule has 0 aromatic heterocycles. The minimum atomic E-state index is -0.760. The average Bonchev–Trinajstić information content (AvgIpc) is 2.34. The second-order valence-electron chi connectivity index (χ2n) is 4.96. The summed E-state index contributed by atoms with van der Waals surface area (Å²) in [6, 6.07) is 8.29. The Balaban J connectivity index is 0.00000200. The van der Waals surface area contributed by atoms with Crippen molar-refractivity contribution in [1.29, 1.82) is 0 Å². The van der Waals surface area contributed by atoms with Crippen molar-refractivity contribution in [1.82, 2.24) is 10.6 Å². The fourth-order valence-electron chi connectivity index (χ4n) is 2.12. The minimum Gasteiger partial charge on any atom is -0.368 e. The second kappa shape index (κ2) is 7.26. The number of carbonyl (C=O) groups excluding carboxylic acids is 2. The van der Waals surface area contributed by atoms with E-state index in [-0.39, 0.29) is 24.2 Å². The van der Waals surface area contributed by atoms with Crippen LogP contribution in [0, 0.1) is 11.8 Å². The normalized spacial score (nSPS) is 17.2. The highest BCUT2D eigenvalue weighted by Gasteiger charge is 2.31. The third-order valence-corrected chi connectivity index (χ3v) is 3.64. The highest BCUT2D eigenvalue weighted by Crippen LogP contribution is 2.18. The third-order valence-electron chi connectivity index (χ3n) is 3.64. The maximum Gasteiger partial charge on any atom is 0.244 e. The Morgan fingerprint density at radius 2 is 1.90 bits per heavy atom. The van der Waals surface area contributed by atoms with Crippen LogP contribution in [0.1, 0.15) is 18.5 Å². The Kier molecular flexibility index (Phi) is 5.98. The fourth-order valence-corrected chi connectivity index (χ4v) is 2.12. The Morgan fingerprint density at radius 3 is 2.35 bits per heavy atom. The average molecular weight is 298 g/mol. The van der Waals surface area contributed by atoms with E-state index < -0.39 is 11.9 Å². The maximum atomic E-state index is 12.1. The molecule has 0 aliphatic carbocycles. The number of benzene rings is 1. The van der Waals surface area contributed by atoms with E-state index in [9.17, 15) is 9.59 Å². The van der Waals surface area contributed by atoms with E-state index in [1.54, 1.807) is 12.1 Å². The van der Waals surface area contributed by atoms with Gasteiger partial charge in [-0.2, -0.15) is 0 Å². The van der Waals surface area contributed by atoms with Crippen LogP contribution in [0.2, 0.25) is 0 Å². The van der Waals surface area contributed by atoms with Crippen LogP contribution in [-0.4, -0.2) is 24.9 Å². The molecule has 1 saturated heterocycles. The van der Waals surface area contributed by atoms with Crippen molar-refractivity contribution in [2.45, 2.75) is 13.0 Å². The summed E-state index contributed by atoms with van der Waals surface area (Å²) in [6.45, 7) is 3.58. The van der Waals surface area contributed by atoms with E-state index in [2.05, 4.69) is 10.6 Å². The monoisotopic (exact) mass is 297 g/mol. The lowest BCUT2D eigenvalue weighted by atomic mass is 9.88. The number of carbonyl (C=O) groups is 2. The smallest absolute Gasteiger partial charge is 0.244 e. The van der Waals surface area contributed by atoms with Crippen LogP contribution in [0.5, 0.6) is 0 Å². The van der Waals surface area contributed by atoms with Gasteiger partial charge in [-0.05, 0) is 24.6 Å². The molecule has 1 fully saturated rings. The first kappa shape index (κ1) is 16.5. The zero-order valence-corrected chi connectivity index (χ0v) is 12.2. The largest absolute Gasteiger partial charge is 0.368 e. The second-order valence-corrected chi connectivity index (χ2v) is 4.96. The molecule has 1 aromatic rings. The van der Waals surface area contributed by atoms with Crippen LogP contribution in [0.4, 0.5) is 0 Å². The number of nitrogens with two attached hydrogens (primary N) is 1. The van der Waals surface area contributed by atoms with Crippen molar-refractivity contribution in [2.75, 3.05) is 13.1 Å². The molecule has 5 nitrogen and oxygen atoms in total. The van der Waals surface area contributed by atoms with Gasteiger partial charge in [0.05, 0.1) is 0 Å². The number of rotatable bonds is 5. The molecule has 2 unspecified atom stereocenters. The van der Waals surface area contributed by atoms with Crippen LogP contribution >= 0.6 is 12.4 Å². The molecule has 1 heterocycles. The molecule has 110 valence electrons. The topological polar surface area (TPSA) is 84.2 Å². The highest BCUT2D eigenvalue weighted by molar-refractivity contribution is 5.88. The van der Waals surface area contributed by atoms with E-state index in [0.717, 1.165) is 13.1 Å². The summed E-state index contributed by atoms with van der Waals surface area (Å²) >= 11 is 0. The molecule has 2 atom stereocenters. The summed E-state index contributed by atoms with van der Waals surface area (Å²) in [4.78, 5) is 23.6. The molecule has 0 radical (unpaired) electrons. The first-order chi connectivity index (χ1) is 9.09. The summed E-state index contributed by atoms with van der Waals surface area (Å²) in [7, 11) is 0. The molecule has 0 spiro atoms. The zero-order valence-electron chi connectivity index (χ0n) is 11.3. The van der Waals surface area contributed by atoms with Gasteiger partial charge >= 0.3 is 0 Å². The first-order valence-electron chi connectivity index (χ1n) is 6.45. The Labute approximate surface area is 124 Å². The minimum absolute atomic E-state index is 0. The van der Waals surface area contributed by atoms with Gasteiger partial charge in [0, 0.05) is 5.92 Å². The van der Waals surface area contributed by atoms with Crippen LogP contribution in [0.15, 0.2) is 30.3 Å². The number of halogens is 1. The predicted molar refractivity (Wildman–Crippen MR) is 79.3 cm³/mol. The summed E-state index contributed by atoms with van der Waals surface area (Å²) in [5, 5.41) is 5.87. The van der Waals surface area contributed by atoms with Crippen molar-refractivity contribution < 1.29 is 9.59 Å². The van der Waals surface area contributed by atoms with Crippen LogP contribution in [0.25, 0.3) is 0 Å². The molecule has 2 rings (SSSR count). The number of hydrogen-bond donors (Lipinski definition) is 3. The van der Waals surface area contributed by atoms with Crippen LogP contribution in [-0.2, 0) is 9.59 Å². The summed E-state index contributed by atoms with van der Waals surface area (Å²) in [6.07, 6.45) is 0. The van der Waals surface area contributed by atoms with Gasteiger partial charge in [-0.1, -0.05) is 37.3 Å². The van der Waals surface area contributed by atoms with Gasteiger partial charge in [0.15, 0.2) is 0 Å². The Bertz CT molecular complexity index is 463. The number of nitrogens with one attached hydrogen (secondary N) is 2. The van der Waals surface area contributed by atoms with Gasteiger partial charge in [-0.15, -0.1) is 12.4 Å². The van der Waals surface area contributed by atoms with Gasteiger partial charge in [-0.25, -0.2) is 0 Å². The SMILES string of the molecule is CC(C(=O)NC(C(N)=O)c1ccccc1)C1CNC1.Cl. The molecule has 0 saturated carbocycles. The zero-order chi connectivity index (χ0) is 13.8. The molecule has 20 heavy (non-hydrogen) atoms. The van der Waals surface area contributed by atoms with Crippen molar-refractivity contribution in [3.63, 3.8) is 0 Å². The quantitative estimate of drug-likeness (QED) is 0.744. The van der Waals surface area contributed by atoms with E-state index >= 15 is 0 Å². The summed E-state index contributed by atoms with van der Waals surface area (Å²) in [5.41, 5.74) is 6.08. The number of primary amides is 1. The Morgan fingerprint density at radius 1 is 1.30 bits per heavy atom. The summed E-state index contributed by atoms with van der Waals surface area (Å²) < 4.78 is 0. The lowest BCUT2D eigenvalue weighted by Gasteiger charge is -2.32. The number of hydrogen-bond acceptors (Lipinski definition) is 3. The van der Waals surface area contributed by atoms with Crippen LogP contribution in [0.3, 0.4) is 0 Å². The fraction of sp³-hybridized carbons (Fsp3) is 0.429. The Hall–Kier alpha value is -1.59. The predicted octanol–water partition coefficient (Wildman–Crippen LogP) is 0.606. The van der Waals surface area contributed by atoms with Gasteiger partial charge in [0.1, 0.15) is 6.04 Å². The van der Waals surface area contributed by atoms with E-state index in [0.29, 0.717) is 11.5 Å². The molecule has 2 amide bonds. The molecule has 4 N–H and O–H groups in total. The van der Waals surface area contributed by atoms with Gasteiger partial charge in [0.2, 0.25) is 11.8 Å². The standard InChI is InChI=1S/C14H19N3O2.ClH/c1-9(11-7-16-8-11)14(19)17-12(13(15)18)10-5-3-2-4-6-10;/h2-6,9,11-12,16H,7-8H2,1H3,(H2,15,18)(H,17,19);1H. The molecular weight excluding hydrogens is 278 g/mol. The third kappa shape index (κ3) is 3.71. The van der Waals surface area contributed by atoms with Gasteiger partial charge in [0.25, 0.3) is 0 Å². The summed E-state index contributed by atoms with van der Waals surface area (Å²) in [5.74, 6) is -0.450. The van der Waals surface area contributed by atoms with E-state index in [1.165, 1.54) is 0 Å². The lowest BCUT2D eigenvalue weighted by molar-refractivity contribution is -0.131. The van der Waals surface area contributed by atoms with Crippen molar-refractivity contribution in [3.05, 3.63) is 35.9 Å². The van der Waals surface area contributed by atoms with Crippen molar-refractivity contribution in [2.24, 2.45) is 17.6 Å². The molecule has 0 bridgehead atoms. The molecule has 1 aliphatic rings. The van der Waals surface area contributed by atoms with Crippen molar-refractivity contribution in [3.8, 4) is 0 Å². The molecule has 1 aromatic carbocycles. The van der Waals surface area contributed by atoms with Crippen LogP contribution < -0.4 is 16.4 Å². The van der Waals surface area contributed by atoms with Crippen molar-refractivity contribution >= 4 is 24.2 Å².